The standard InChI is InChI=1S/C15H15F4NO3/c1-4-20-6-8(15(22)23-5-2)14(21)9-7(3)10(16)12(18)13(19)11(9)17/h6,21H,4-5H2,1-3H3. The molecule has 0 atom stereocenters. The summed E-state index contributed by atoms with van der Waals surface area (Å²) in [7, 11) is 0. The van der Waals surface area contributed by atoms with E-state index in [2.05, 4.69) is 9.73 Å². The second-order valence-electron chi connectivity index (χ2n) is 4.37. The number of hydrogen-bond acceptors (Lipinski definition) is 4. The van der Waals surface area contributed by atoms with Crippen LogP contribution in [0.5, 0.6) is 0 Å². The second-order valence-corrected chi connectivity index (χ2v) is 4.37. The van der Waals surface area contributed by atoms with Gasteiger partial charge in [0.1, 0.15) is 11.3 Å². The van der Waals surface area contributed by atoms with E-state index in [9.17, 15) is 27.5 Å². The summed E-state index contributed by atoms with van der Waals surface area (Å²) in [5.74, 6) is -9.73. The number of halogens is 4. The fraction of sp³-hybridized carbons (Fsp3) is 0.333. The van der Waals surface area contributed by atoms with Crippen molar-refractivity contribution < 1.29 is 32.2 Å². The molecule has 4 nitrogen and oxygen atoms in total. The molecule has 126 valence electrons. The van der Waals surface area contributed by atoms with Crippen molar-refractivity contribution in [2.75, 3.05) is 13.2 Å². The predicted octanol–water partition coefficient (Wildman–Crippen LogP) is 3.47. The number of rotatable bonds is 5. The van der Waals surface area contributed by atoms with E-state index in [0.717, 1.165) is 13.1 Å². The summed E-state index contributed by atoms with van der Waals surface area (Å²) in [5, 5.41) is 10.1. The van der Waals surface area contributed by atoms with Gasteiger partial charge in [-0.25, -0.2) is 22.4 Å². The summed E-state index contributed by atoms with van der Waals surface area (Å²) in [5.41, 5.74) is -2.25. The first-order chi connectivity index (χ1) is 10.8. The molecule has 23 heavy (non-hydrogen) atoms. The molecule has 0 heterocycles. The summed E-state index contributed by atoms with van der Waals surface area (Å²) < 4.78 is 58.7. The Morgan fingerprint density at radius 3 is 2.22 bits per heavy atom. The Labute approximate surface area is 130 Å². The third kappa shape index (κ3) is 3.69. The Morgan fingerprint density at radius 1 is 1.13 bits per heavy atom. The number of nitrogens with zero attached hydrogens (tertiary/aromatic N) is 1. The minimum atomic E-state index is -2.09. The number of esters is 1. The highest BCUT2D eigenvalue weighted by Crippen LogP contribution is 2.29. The molecule has 1 aromatic carbocycles. The number of carbonyl (C=O) groups is 1. The maximum absolute atomic E-state index is 13.9. The fourth-order valence-corrected chi connectivity index (χ4v) is 1.76. The van der Waals surface area contributed by atoms with Crippen molar-refractivity contribution in [3.05, 3.63) is 40.0 Å². The topological polar surface area (TPSA) is 58.9 Å². The van der Waals surface area contributed by atoms with Gasteiger partial charge in [0.05, 0.1) is 12.2 Å². The number of aliphatic hydroxyl groups excluding tert-OH is 1. The molecular formula is C15H15F4NO3. The maximum Gasteiger partial charge on any atom is 0.343 e. The van der Waals surface area contributed by atoms with Crippen LogP contribution in [0.15, 0.2) is 10.6 Å². The molecule has 0 spiro atoms. The SMILES string of the molecule is CCN=CC(C(=O)OCC)=C(O)c1c(C)c(F)c(F)c(F)c1F. The van der Waals surface area contributed by atoms with E-state index in [0.29, 0.717) is 0 Å². The van der Waals surface area contributed by atoms with Crippen LogP contribution in [0.3, 0.4) is 0 Å². The van der Waals surface area contributed by atoms with Crippen LogP contribution in [-0.2, 0) is 9.53 Å². The van der Waals surface area contributed by atoms with E-state index in [4.69, 9.17) is 0 Å². The van der Waals surface area contributed by atoms with Crippen molar-refractivity contribution in [3.63, 3.8) is 0 Å². The Kier molecular flexibility index (Phi) is 6.29. The summed E-state index contributed by atoms with van der Waals surface area (Å²) in [6, 6.07) is 0. The molecule has 1 aromatic rings. The largest absolute Gasteiger partial charge is 0.506 e. The van der Waals surface area contributed by atoms with Crippen LogP contribution >= 0.6 is 0 Å². The molecule has 0 aliphatic rings. The van der Waals surface area contributed by atoms with Gasteiger partial charge in [0.2, 0.25) is 0 Å². The first-order valence-electron chi connectivity index (χ1n) is 6.70. The number of benzene rings is 1. The van der Waals surface area contributed by atoms with Crippen molar-refractivity contribution in [1.82, 2.24) is 0 Å². The molecule has 8 heteroatoms. The Balaban J connectivity index is 3.69. The quantitative estimate of drug-likeness (QED) is 0.171. The van der Waals surface area contributed by atoms with Crippen LogP contribution in [0.4, 0.5) is 17.6 Å². The number of aliphatic hydroxyl groups is 1. The number of hydrogen-bond donors (Lipinski definition) is 1. The Hall–Kier alpha value is -2.38. The second kappa shape index (κ2) is 7.75. The lowest BCUT2D eigenvalue weighted by molar-refractivity contribution is -0.137. The molecule has 0 radical (unpaired) electrons. The van der Waals surface area contributed by atoms with Crippen molar-refractivity contribution in [3.8, 4) is 0 Å². The summed E-state index contributed by atoms with van der Waals surface area (Å²) in [4.78, 5) is 15.5. The van der Waals surface area contributed by atoms with Crippen molar-refractivity contribution >= 4 is 17.9 Å². The van der Waals surface area contributed by atoms with Crippen molar-refractivity contribution in [2.24, 2.45) is 4.99 Å². The van der Waals surface area contributed by atoms with Crippen LogP contribution in [0.25, 0.3) is 5.76 Å². The van der Waals surface area contributed by atoms with Crippen molar-refractivity contribution in [2.45, 2.75) is 20.8 Å². The Bertz CT molecular complexity index is 655. The molecule has 0 aromatic heterocycles. The van der Waals surface area contributed by atoms with Gasteiger partial charge in [0, 0.05) is 18.3 Å². The predicted molar refractivity (Wildman–Crippen MR) is 76.2 cm³/mol. The van der Waals surface area contributed by atoms with Crippen LogP contribution in [0, 0.1) is 30.2 Å². The first kappa shape index (κ1) is 18.7. The molecule has 0 amide bonds. The van der Waals surface area contributed by atoms with E-state index in [1.165, 1.54) is 6.92 Å². The minimum Gasteiger partial charge on any atom is -0.506 e. The monoisotopic (exact) mass is 333 g/mol. The average molecular weight is 333 g/mol. The van der Waals surface area contributed by atoms with Crippen LogP contribution in [0.2, 0.25) is 0 Å². The molecule has 0 unspecified atom stereocenters. The molecule has 0 bridgehead atoms. The van der Waals surface area contributed by atoms with Crippen LogP contribution in [-0.4, -0.2) is 30.4 Å². The molecule has 0 saturated carbocycles. The third-order valence-corrected chi connectivity index (χ3v) is 2.89. The minimum absolute atomic E-state index is 0.0524. The Morgan fingerprint density at radius 2 is 1.70 bits per heavy atom. The lowest BCUT2D eigenvalue weighted by atomic mass is 10.0. The van der Waals surface area contributed by atoms with Crippen molar-refractivity contribution in [1.29, 1.82) is 0 Å². The van der Waals surface area contributed by atoms with E-state index in [1.54, 1.807) is 6.92 Å². The van der Waals surface area contributed by atoms with Gasteiger partial charge < -0.3 is 9.84 Å². The molecule has 0 saturated heterocycles. The highest BCUT2D eigenvalue weighted by atomic mass is 19.2. The zero-order chi connectivity index (χ0) is 17.7. The first-order valence-corrected chi connectivity index (χ1v) is 6.70. The van der Waals surface area contributed by atoms with Gasteiger partial charge >= 0.3 is 5.97 Å². The molecule has 1 rings (SSSR count). The van der Waals surface area contributed by atoms with Crippen LogP contribution in [0.1, 0.15) is 25.0 Å². The highest BCUT2D eigenvalue weighted by Gasteiger charge is 2.28. The van der Waals surface area contributed by atoms with E-state index < -0.39 is 51.7 Å². The smallest absolute Gasteiger partial charge is 0.343 e. The zero-order valence-corrected chi connectivity index (χ0v) is 12.7. The number of aliphatic imine (C=N–C) groups is 1. The normalized spacial score (nSPS) is 12.5. The average Bonchev–Trinajstić information content (AvgIpc) is 2.52. The molecular weight excluding hydrogens is 318 g/mol. The van der Waals surface area contributed by atoms with Gasteiger partial charge in [-0.3, -0.25) is 4.99 Å². The summed E-state index contributed by atoms with van der Waals surface area (Å²) in [6.07, 6.45) is 0.894. The lowest BCUT2D eigenvalue weighted by Gasteiger charge is -2.12. The fourth-order valence-electron chi connectivity index (χ4n) is 1.76. The van der Waals surface area contributed by atoms with E-state index in [1.807, 2.05) is 0 Å². The van der Waals surface area contributed by atoms with Gasteiger partial charge in [-0.1, -0.05) is 0 Å². The van der Waals surface area contributed by atoms with Crippen LogP contribution < -0.4 is 0 Å². The van der Waals surface area contributed by atoms with Gasteiger partial charge in [-0.15, -0.1) is 0 Å². The lowest BCUT2D eigenvalue weighted by Crippen LogP contribution is -2.14. The van der Waals surface area contributed by atoms with Gasteiger partial charge in [-0.2, -0.15) is 0 Å². The van der Waals surface area contributed by atoms with E-state index in [-0.39, 0.29) is 13.2 Å². The van der Waals surface area contributed by atoms with Gasteiger partial charge in [0.15, 0.2) is 23.3 Å². The number of carbonyl (C=O) groups excluding carboxylic acids is 1. The molecule has 0 fully saturated rings. The zero-order valence-electron chi connectivity index (χ0n) is 12.7. The summed E-state index contributed by atoms with van der Waals surface area (Å²) >= 11 is 0. The highest BCUT2D eigenvalue weighted by molar-refractivity contribution is 6.15. The van der Waals surface area contributed by atoms with Gasteiger partial charge in [0.25, 0.3) is 0 Å². The molecule has 1 N–H and O–H groups in total. The maximum atomic E-state index is 13.9. The molecule has 0 aliphatic carbocycles. The number of ether oxygens (including phenoxy) is 1. The summed E-state index contributed by atoms with van der Waals surface area (Å²) in [6.45, 7) is 4.23. The molecule has 0 aliphatic heterocycles. The van der Waals surface area contributed by atoms with E-state index >= 15 is 0 Å². The third-order valence-electron chi connectivity index (χ3n) is 2.89. The van der Waals surface area contributed by atoms with Gasteiger partial charge in [-0.05, 0) is 20.8 Å².